The Morgan fingerprint density at radius 2 is 1.85 bits per heavy atom. The largest absolute Gasteiger partial charge is 0.481 e. The Morgan fingerprint density at radius 3 is 2.35 bits per heavy atom. The fourth-order valence-electron chi connectivity index (χ4n) is 1.89. The minimum Gasteiger partial charge on any atom is -0.481 e. The molecule has 20 heavy (non-hydrogen) atoms. The highest BCUT2D eigenvalue weighted by atomic mass is 32.2. The molecule has 0 aliphatic carbocycles. The summed E-state index contributed by atoms with van der Waals surface area (Å²) in [5.74, 6) is -1.12. The molecule has 0 aromatic heterocycles. The second-order valence-electron chi connectivity index (χ2n) is 4.94. The minimum atomic E-state index is -3.13. The lowest BCUT2D eigenvalue weighted by molar-refractivity contribution is -0.154. The number of nitrogens with one attached hydrogen (secondary N) is 2. The standard InChI is InChI=1S/C11H20N2O6S/c1-20(17,18)7-4-12-10(16)13-8-11(9(14)15)2-5-19-6-3-11/h2-8H2,1H3,(H,14,15)(H2,12,13,16). The molecule has 3 N–H and O–H groups in total. The molecule has 1 saturated heterocycles. The molecule has 0 spiro atoms. The summed E-state index contributed by atoms with van der Waals surface area (Å²) >= 11 is 0. The van der Waals surface area contributed by atoms with E-state index in [1.807, 2.05) is 0 Å². The smallest absolute Gasteiger partial charge is 0.314 e. The van der Waals surface area contributed by atoms with Gasteiger partial charge in [-0.15, -0.1) is 0 Å². The second kappa shape index (κ2) is 6.89. The zero-order valence-corrected chi connectivity index (χ0v) is 12.2. The topological polar surface area (TPSA) is 122 Å². The number of amides is 2. The van der Waals surface area contributed by atoms with Crippen molar-refractivity contribution in [3.63, 3.8) is 0 Å². The molecule has 9 heteroatoms. The third-order valence-electron chi connectivity index (χ3n) is 3.25. The molecular weight excluding hydrogens is 288 g/mol. The molecular formula is C11H20N2O6S. The predicted octanol–water partition coefficient (Wildman–Crippen LogP) is -0.788. The number of carbonyl (C=O) groups is 2. The number of carbonyl (C=O) groups excluding carboxylic acids is 1. The molecule has 1 heterocycles. The van der Waals surface area contributed by atoms with Gasteiger partial charge in [0, 0.05) is 32.6 Å². The van der Waals surface area contributed by atoms with Crippen molar-refractivity contribution in [3.8, 4) is 0 Å². The monoisotopic (exact) mass is 308 g/mol. The van der Waals surface area contributed by atoms with E-state index in [1.165, 1.54) is 0 Å². The van der Waals surface area contributed by atoms with Gasteiger partial charge in [-0.25, -0.2) is 13.2 Å². The lowest BCUT2D eigenvalue weighted by Gasteiger charge is -2.33. The van der Waals surface area contributed by atoms with Crippen LogP contribution in [0.15, 0.2) is 0 Å². The number of rotatable bonds is 6. The van der Waals surface area contributed by atoms with Crippen LogP contribution in [0, 0.1) is 5.41 Å². The maximum absolute atomic E-state index is 11.5. The van der Waals surface area contributed by atoms with Gasteiger partial charge in [0.15, 0.2) is 0 Å². The van der Waals surface area contributed by atoms with E-state index in [0.717, 1.165) is 6.26 Å². The van der Waals surface area contributed by atoms with Crippen LogP contribution < -0.4 is 10.6 Å². The zero-order valence-electron chi connectivity index (χ0n) is 11.3. The molecule has 116 valence electrons. The summed E-state index contributed by atoms with van der Waals surface area (Å²) in [7, 11) is -3.13. The van der Waals surface area contributed by atoms with Crippen LogP contribution in [0.5, 0.6) is 0 Å². The molecule has 0 bridgehead atoms. The van der Waals surface area contributed by atoms with Crippen molar-refractivity contribution >= 4 is 21.8 Å². The van der Waals surface area contributed by atoms with Gasteiger partial charge in [-0.3, -0.25) is 4.79 Å². The first-order valence-electron chi connectivity index (χ1n) is 6.26. The van der Waals surface area contributed by atoms with Crippen LogP contribution in [-0.4, -0.2) is 63.8 Å². The highest BCUT2D eigenvalue weighted by Gasteiger charge is 2.40. The number of carboxylic acids is 1. The molecule has 0 aromatic carbocycles. The van der Waals surface area contributed by atoms with Crippen LogP contribution in [0.2, 0.25) is 0 Å². The number of sulfone groups is 1. The number of ether oxygens (including phenoxy) is 1. The highest BCUT2D eigenvalue weighted by Crippen LogP contribution is 2.29. The Hall–Kier alpha value is -1.35. The molecule has 1 rings (SSSR count). The summed E-state index contributed by atoms with van der Waals surface area (Å²) in [6.07, 6.45) is 1.76. The summed E-state index contributed by atoms with van der Waals surface area (Å²) < 4.78 is 26.9. The molecule has 8 nitrogen and oxygen atoms in total. The van der Waals surface area contributed by atoms with Crippen molar-refractivity contribution in [2.24, 2.45) is 5.41 Å². The quantitative estimate of drug-likeness (QED) is 0.591. The summed E-state index contributed by atoms with van der Waals surface area (Å²) in [6, 6.07) is -0.569. The van der Waals surface area contributed by atoms with Gasteiger partial charge in [-0.1, -0.05) is 0 Å². The van der Waals surface area contributed by atoms with Gasteiger partial charge >= 0.3 is 12.0 Å². The Morgan fingerprint density at radius 1 is 1.25 bits per heavy atom. The third-order valence-corrected chi connectivity index (χ3v) is 4.20. The first-order chi connectivity index (χ1) is 9.25. The van der Waals surface area contributed by atoms with Gasteiger partial charge in [0.05, 0.1) is 11.2 Å². The highest BCUT2D eigenvalue weighted by molar-refractivity contribution is 7.90. The van der Waals surface area contributed by atoms with Gasteiger partial charge in [0.2, 0.25) is 0 Å². The zero-order chi connectivity index (χ0) is 15.2. The van der Waals surface area contributed by atoms with Crippen LogP contribution in [0.4, 0.5) is 4.79 Å². The average Bonchev–Trinajstić information content (AvgIpc) is 2.36. The van der Waals surface area contributed by atoms with Crippen LogP contribution in [0.25, 0.3) is 0 Å². The summed E-state index contributed by atoms with van der Waals surface area (Å²) in [5.41, 5.74) is -1.01. The van der Waals surface area contributed by atoms with Gasteiger partial charge in [-0.2, -0.15) is 0 Å². The van der Waals surface area contributed by atoms with Crippen LogP contribution in [-0.2, 0) is 19.4 Å². The Bertz CT molecular complexity index is 456. The maximum Gasteiger partial charge on any atom is 0.314 e. The molecule has 0 saturated carbocycles. The second-order valence-corrected chi connectivity index (χ2v) is 7.20. The number of aliphatic carboxylic acids is 1. The Kier molecular flexibility index (Phi) is 5.75. The third kappa shape index (κ3) is 5.33. The van der Waals surface area contributed by atoms with Crippen molar-refractivity contribution in [1.82, 2.24) is 10.6 Å². The SMILES string of the molecule is CS(=O)(=O)CCNC(=O)NCC1(C(=O)O)CCOCC1. The molecule has 0 atom stereocenters. The van der Waals surface area contributed by atoms with E-state index >= 15 is 0 Å². The first kappa shape index (κ1) is 16.7. The van der Waals surface area contributed by atoms with Gasteiger partial charge in [0.25, 0.3) is 0 Å². The average molecular weight is 308 g/mol. The predicted molar refractivity (Wildman–Crippen MR) is 71.2 cm³/mol. The van der Waals surface area contributed by atoms with Crippen molar-refractivity contribution < 1.29 is 27.9 Å². The van der Waals surface area contributed by atoms with Crippen LogP contribution >= 0.6 is 0 Å². The fraction of sp³-hybridized carbons (Fsp3) is 0.818. The van der Waals surface area contributed by atoms with E-state index in [0.29, 0.717) is 26.1 Å². The molecule has 2 amide bonds. The molecule has 0 unspecified atom stereocenters. The molecule has 1 fully saturated rings. The van der Waals surface area contributed by atoms with Crippen molar-refractivity contribution in [2.45, 2.75) is 12.8 Å². The van der Waals surface area contributed by atoms with Crippen LogP contribution in [0.3, 0.4) is 0 Å². The van der Waals surface area contributed by atoms with Crippen molar-refractivity contribution in [1.29, 1.82) is 0 Å². The number of urea groups is 1. The molecule has 1 aliphatic rings. The summed E-state index contributed by atoms with van der Waals surface area (Å²) in [4.78, 5) is 22.8. The van der Waals surface area contributed by atoms with Gasteiger partial charge < -0.3 is 20.5 Å². The minimum absolute atomic E-state index is 0.00357. The summed E-state index contributed by atoms with van der Waals surface area (Å²) in [5, 5.41) is 14.1. The Balaban J connectivity index is 2.40. The lowest BCUT2D eigenvalue weighted by Crippen LogP contribution is -2.49. The number of carboxylic acid groups (broad SMARTS) is 1. The summed E-state index contributed by atoms with van der Waals surface area (Å²) in [6.45, 7) is 0.692. The van der Waals surface area contributed by atoms with Crippen molar-refractivity contribution in [3.05, 3.63) is 0 Å². The fourth-order valence-corrected chi connectivity index (χ4v) is 2.36. The van der Waals surface area contributed by atoms with E-state index in [1.54, 1.807) is 0 Å². The molecule has 1 aliphatic heterocycles. The van der Waals surface area contributed by atoms with Gasteiger partial charge in [0.1, 0.15) is 9.84 Å². The van der Waals surface area contributed by atoms with Crippen molar-refractivity contribution in [2.75, 3.05) is 38.3 Å². The normalized spacial score (nSPS) is 18.2. The lowest BCUT2D eigenvalue weighted by atomic mass is 9.80. The first-order valence-corrected chi connectivity index (χ1v) is 8.32. The molecule has 0 aromatic rings. The number of hydrogen-bond acceptors (Lipinski definition) is 5. The Labute approximate surface area is 117 Å². The molecule has 0 radical (unpaired) electrons. The van der Waals surface area contributed by atoms with E-state index in [-0.39, 0.29) is 18.8 Å². The van der Waals surface area contributed by atoms with Gasteiger partial charge in [-0.05, 0) is 12.8 Å². The number of hydrogen-bond donors (Lipinski definition) is 3. The van der Waals surface area contributed by atoms with Crippen LogP contribution in [0.1, 0.15) is 12.8 Å². The van der Waals surface area contributed by atoms with E-state index in [2.05, 4.69) is 10.6 Å². The van der Waals surface area contributed by atoms with E-state index in [4.69, 9.17) is 4.74 Å². The van der Waals surface area contributed by atoms with E-state index in [9.17, 15) is 23.1 Å². The van der Waals surface area contributed by atoms with E-state index < -0.39 is 27.3 Å². The maximum atomic E-state index is 11.5.